The zero-order chi connectivity index (χ0) is 21.6. The van der Waals surface area contributed by atoms with Crippen molar-refractivity contribution < 1.29 is 34.3 Å². The Morgan fingerprint density at radius 1 is 0.897 bits per heavy atom. The molecule has 29 heavy (non-hydrogen) atoms. The minimum Gasteiger partial charge on any atom is -0.398 e. The Bertz CT molecular complexity index is 1350. The fourth-order valence-electron chi connectivity index (χ4n) is 2.65. The monoisotopic (exact) mass is 457 g/mol. The molecule has 0 saturated carbocycles. The highest BCUT2D eigenvalue weighted by atomic mass is 32.2. The Labute approximate surface area is 169 Å². The highest BCUT2D eigenvalue weighted by molar-refractivity contribution is 7.86. The second kappa shape index (κ2) is 7.39. The van der Waals surface area contributed by atoms with Gasteiger partial charge >= 0.3 is 0 Å². The molecule has 1 atom stereocenters. The predicted octanol–water partition coefficient (Wildman–Crippen LogP) is 2.33. The van der Waals surface area contributed by atoms with Crippen LogP contribution < -0.4 is 9.92 Å². The number of nitrogen functional groups attached to an aromatic ring is 1. The van der Waals surface area contributed by atoms with Gasteiger partial charge in [-0.1, -0.05) is 17.7 Å². The fraction of sp³-hybridized carbons (Fsp3) is 0.0588. The van der Waals surface area contributed by atoms with Gasteiger partial charge in [0.1, 0.15) is 10.6 Å². The molecular weight excluding hydrogens is 442 g/mol. The topological polar surface area (TPSA) is 161 Å². The van der Waals surface area contributed by atoms with E-state index in [1.807, 2.05) is 6.92 Å². The van der Waals surface area contributed by atoms with Crippen LogP contribution in [0.3, 0.4) is 0 Å². The van der Waals surface area contributed by atoms with Gasteiger partial charge in [0.05, 0.1) is 15.5 Å². The molecule has 0 aromatic heterocycles. The summed E-state index contributed by atoms with van der Waals surface area (Å²) >= 11 is -2.09. The predicted molar refractivity (Wildman–Crippen MR) is 106 cm³/mol. The van der Waals surface area contributed by atoms with Crippen molar-refractivity contribution in [3.63, 3.8) is 0 Å². The first-order valence-corrected chi connectivity index (χ1v) is 11.8. The summed E-state index contributed by atoms with van der Waals surface area (Å²) < 4.78 is 83.7. The van der Waals surface area contributed by atoms with Crippen molar-refractivity contribution >= 4 is 47.8 Å². The summed E-state index contributed by atoms with van der Waals surface area (Å²) in [4.78, 5) is -1.21. The standard InChI is InChI=1S/C17H15NO8S3/c1-10-2-4-11(5-3-10)27(19)26-16-9-12(28(20,21)22)8-14-13(16)6-7-15(18)17(14)29(23,24)25/h2-9H,18H2,1H3,(H,20,21,22)(H,23,24,25). The first kappa shape index (κ1) is 21.2. The zero-order valence-corrected chi connectivity index (χ0v) is 17.2. The number of benzene rings is 3. The van der Waals surface area contributed by atoms with Gasteiger partial charge in [-0.05, 0) is 37.3 Å². The second-order valence-electron chi connectivity index (χ2n) is 6.08. The largest absolute Gasteiger partial charge is 0.398 e. The lowest BCUT2D eigenvalue weighted by Crippen LogP contribution is -2.07. The van der Waals surface area contributed by atoms with Crippen LogP contribution in [0.2, 0.25) is 0 Å². The van der Waals surface area contributed by atoms with Crippen LogP contribution in [0, 0.1) is 6.92 Å². The van der Waals surface area contributed by atoms with Gasteiger partial charge in [-0.25, -0.2) is 4.21 Å². The molecule has 3 rings (SSSR count). The zero-order valence-electron chi connectivity index (χ0n) is 14.8. The van der Waals surface area contributed by atoms with E-state index >= 15 is 0 Å². The van der Waals surface area contributed by atoms with Gasteiger partial charge in [-0.15, -0.1) is 0 Å². The summed E-state index contributed by atoms with van der Waals surface area (Å²) in [5.74, 6) is -0.293. The molecule has 12 heteroatoms. The lowest BCUT2D eigenvalue weighted by atomic mass is 10.1. The summed E-state index contributed by atoms with van der Waals surface area (Å²) in [5, 5.41) is -0.307. The minimum absolute atomic E-state index is 0.0136. The van der Waals surface area contributed by atoms with Crippen LogP contribution in [0.5, 0.6) is 5.75 Å². The van der Waals surface area contributed by atoms with Crippen molar-refractivity contribution in [2.45, 2.75) is 21.6 Å². The molecule has 4 N–H and O–H groups in total. The maximum absolute atomic E-state index is 12.6. The smallest absolute Gasteiger partial charge is 0.297 e. The Morgan fingerprint density at radius 2 is 1.52 bits per heavy atom. The normalized spacial score (nSPS) is 13.3. The van der Waals surface area contributed by atoms with E-state index in [9.17, 15) is 30.1 Å². The van der Waals surface area contributed by atoms with Crippen LogP contribution in [-0.4, -0.2) is 30.1 Å². The van der Waals surface area contributed by atoms with E-state index in [1.165, 1.54) is 12.1 Å². The molecule has 0 radical (unpaired) electrons. The number of anilines is 1. The average molecular weight is 458 g/mol. The number of fused-ring (bicyclic) bond motifs is 1. The van der Waals surface area contributed by atoms with Gasteiger partial charge in [0.15, 0.2) is 0 Å². The van der Waals surface area contributed by atoms with Gasteiger partial charge in [-0.3, -0.25) is 9.11 Å². The van der Waals surface area contributed by atoms with Crippen LogP contribution in [0.15, 0.2) is 63.2 Å². The van der Waals surface area contributed by atoms with Crippen LogP contribution in [0.1, 0.15) is 5.56 Å². The van der Waals surface area contributed by atoms with E-state index in [1.54, 1.807) is 24.3 Å². The molecular formula is C17H15NO8S3. The maximum Gasteiger partial charge on any atom is 0.297 e. The van der Waals surface area contributed by atoms with E-state index < -0.39 is 41.1 Å². The van der Waals surface area contributed by atoms with Crippen molar-refractivity contribution in [3.05, 3.63) is 54.1 Å². The van der Waals surface area contributed by atoms with E-state index in [0.717, 1.165) is 17.7 Å². The summed E-state index contributed by atoms with van der Waals surface area (Å²) in [5.41, 5.74) is 6.20. The van der Waals surface area contributed by atoms with Gasteiger partial charge < -0.3 is 9.92 Å². The number of hydrogen-bond acceptors (Lipinski definition) is 7. The molecule has 3 aromatic carbocycles. The molecule has 1 unspecified atom stereocenters. The van der Waals surface area contributed by atoms with Crippen molar-refractivity contribution in [2.75, 3.05) is 5.73 Å². The maximum atomic E-state index is 12.6. The van der Waals surface area contributed by atoms with E-state index in [4.69, 9.17) is 9.92 Å². The summed E-state index contributed by atoms with van der Waals surface area (Å²) in [6.07, 6.45) is 0. The molecule has 0 saturated heterocycles. The molecule has 0 heterocycles. The van der Waals surface area contributed by atoms with Crippen LogP contribution >= 0.6 is 0 Å². The molecule has 0 spiro atoms. The van der Waals surface area contributed by atoms with E-state index in [0.29, 0.717) is 0 Å². The number of rotatable bonds is 5. The molecule has 0 aliphatic carbocycles. The summed E-state index contributed by atoms with van der Waals surface area (Å²) in [6.45, 7) is 1.83. The van der Waals surface area contributed by atoms with Crippen molar-refractivity contribution in [2.24, 2.45) is 0 Å². The quantitative estimate of drug-likeness (QED) is 0.385. The van der Waals surface area contributed by atoms with Crippen LogP contribution in [-0.2, 0) is 31.3 Å². The molecule has 0 aliphatic heterocycles. The van der Waals surface area contributed by atoms with Crippen molar-refractivity contribution in [3.8, 4) is 5.75 Å². The Balaban J connectivity index is 2.28. The SMILES string of the molecule is Cc1ccc(S(=O)Oc2cc(S(=O)(=O)O)cc3c(S(=O)(=O)O)c(N)ccc23)cc1. The molecule has 0 amide bonds. The number of aryl methyl sites for hydroxylation is 1. The van der Waals surface area contributed by atoms with Gasteiger partial charge in [0, 0.05) is 16.8 Å². The van der Waals surface area contributed by atoms with Crippen LogP contribution in [0.4, 0.5) is 5.69 Å². The molecule has 3 aromatic rings. The third kappa shape index (κ3) is 4.41. The first-order chi connectivity index (χ1) is 13.4. The Kier molecular flexibility index (Phi) is 5.40. The third-order valence-electron chi connectivity index (χ3n) is 3.99. The second-order valence-corrected chi connectivity index (χ2v) is 9.97. The highest BCUT2D eigenvalue weighted by Crippen LogP contribution is 2.37. The molecule has 0 fully saturated rings. The third-order valence-corrected chi connectivity index (χ3v) is 6.78. The average Bonchev–Trinajstić information content (AvgIpc) is 2.59. The van der Waals surface area contributed by atoms with Crippen LogP contribution in [0.25, 0.3) is 10.8 Å². The molecule has 0 aliphatic rings. The number of nitrogens with two attached hydrogens (primary N) is 1. The van der Waals surface area contributed by atoms with E-state index in [-0.39, 0.29) is 27.1 Å². The lowest BCUT2D eigenvalue weighted by molar-refractivity contribution is 0.480. The summed E-state index contributed by atoms with van der Waals surface area (Å²) in [7, 11) is -9.65. The lowest BCUT2D eigenvalue weighted by Gasteiger charge is -2.13. The first-order valence-electron chi connectivity index (χ1n) is 7.86. The molecule has 0 bridgehead atoms. The van der Waals surface area contributed by atoms with Gasteiger partial charge in [0.25, 0.3) is 20.2 Å². The molecule has 9 nitrogen and oxygen atoms in total. The molecule has 154 valence electrons. The van der Waals surface area contributed by atoms with Crippen molar-refractivity contribution in [1.82, 2.24) is 0 Å². The van der Waals surface area contributed by atoms with Gasteiger partial charge in [0.2, 0.25) is 11.1 Å². The Morgan fingerprint density at radius 3 is 2.07 bits per heavy atom. The summed E-state index contributed by atoms with van der Waals surface area (Å²) in [6, 6.07) is 10.7. The van der Waals surface area contributed by atoms with Gasteiger partial charge in [-0.2, -0.15) is 16.8 Å². The van der Waals surface area contributed by atoms with Crippen molar-refractivity contribution in [1.29, 1.82) is 0 Å². The highest BCUT2D eigenvalue weighted by Gasteiger charge is 2.24. The van der Waals surface area contributed by atoms with E-state index in [2.05, 4.69) is 0 Å². The minimum atomic E-state index is -4.86. The number of hydrogen-bond donors (Lipinski definition) is 3. The Hall–Kier alpha value is -2.51. The fourth-order valence-corrected chi connectivity index (χ4v) is 4.74.